The first-order valence-corrected chi connectivity index (χ1v) is 8.18. The van der Waals surface area contributed by atoms with E-state index in [1.807, 2.05) is 6.20 Å². The van der Waals surface area contributed by atoms with E-state index in [0.29, 0.717) is 18.1 Å². The fourth-order valence-corrected chi connectivity index (χ4v) is 3.64. The number of likely N-dealkylation sites (tertiary alicyclic amines) is 1. The molecule has 0 amide bonds. The molecule has 1 aromatic heterocycles. The smallest absolute Gasteiger partial charge is 0.0605 e. The van der Waals surface area contributed by atoms with Crippen LogP contribution in [0.3, 0.4) is 0 Å². The van der Waals surface area contributed by atoms with Gasteiger partial charge in [-0.1, -0.05) is 6.07 Å². The molecule has 2 aliphatic rings. The summed E-state index contributed by atoms with van der Waals surface area (Å²) in [6.07, 6.45) is 8.23. The summed E-state index contributed by atoms with van der Waals surface area (Å²) in [6, 6.07) is 6.16. The molecule has 1 fully saturated rings. The molecular formula is C17H27N3. The molecule has 110 valence electrons. The van der Waals surface area contributed by atoms with Crippen molar-refractivity contribution in [1.29, 1.82) is 0 Å². The number of nitrogens with one attached hydrogen (secondary N) is 1. The molecule has 1 unspecified atom stereocenters. The average Bonchev–Trinajstić information content (AvgIpc) is 2.48. The van der Waals surface area contributed by atoms with Crippen molar-refractivity contribution in [1.82, 2.24) is 15.2 Å². The Morgan fingerprint density at radius 1 is 1.25 bits per heavy atom. The fourth-order valence-electron chi connectivity index (χ4n) is 3.64. The molecule has 1 aromatic rings. The Balaban J connectivity index is 1.60. The Kier molecular flexibility index (Phi) is 4.37. The number of hydrogen-bond donors (Lipinski definition) is 1. The van der Waals surface area contributed by atoms with Gasteiger partial charge in [-0.3, -0.25) is 4.98 Å². The molecule has 3 heteroatoms. The summed E-state index contributed by atoms with van der Waals surface area (Å²) in [4.78, 5) is 7.22. The highest BCUT2D eigenvalue weighted by molar-refractivity contribution is 5.25. The van der Waals surface area contributed by atoms with E-state index in [4.69, 9.17) is 0 Å². The second-order valence-electron chi connectivity index (χ2n) is 6.56. The van der Waals surface area contributed by atoms with Gasteiger partial charge in [-0.15, -0.1) is 0 Å². The van der Waals surface area contributed by atoms with Crippen LogP contribution >= 0.6 is 0 Å². The van der Waals surface area contributed by atoms with E-state index in [-0.39, 0.29) is 0 Å². The van der Waals surface area contributed by atoms with Crippen LogP contribution in [0, 0.1) is 0 Å². The molecule has 0 aromatic carbocycles. The van der Waals surface area contributed by atoms with Crippen LogP contribution in [0.5, 0.6) is 0 Å². The van der Waals surface area contributed by atoms with Crippen molar-refractivity contribution in [3.8, 4) is 0 Å². The molecule has 0 bridgehead atoms. The van der Waals surface area contributed by atoms with Crippen LogP contribution in [-0.4, -0.2) is 35.1 Å². The van der Waals surface area contributed by atoms with Gasteiger partial charge in [0.05, 0.1) is 5.69 Å². The van der Waals surface area contributed by atoms with Gasteiger partial charge in [0.25, 0.3) is 0 Å². The zero-order chi connectivity index (χ0) is 13.9. The first-order valence-electron chi connectivity index (χ1n) is 8.18. The lowest BCUT2D eigenvalue weighted by molar-refractivity contribution is 0.154. The van der Waals surface area contributed by atoms with Crippen molar-refractivity contribution >= 4 is 0 Å². The third-order valence-corrected chi connectivity index (χ3v) is 4.89. The van der Waals surface area contributed by atoms with Crippen LogP contribution in [0.1, 0.15) is 56.8 Å². The average molecular weight is 273 g/mol. The predicted octanol–water partition coefficient (Wildman–Crippen LogP) is 2.92. The van der Waals surface area contributed by atoms with Crippen molar-refractivity contribution in [2.45, 2.75) is 64.1 Å². The summed E-state index contributed by atoms with van der Waals surface area (Å²) >= 11 is 0. The van der Waals surface area contributed by atoms with Crippen molar-refractivity contribution in [3.63, 3.8) is 0 Å². The third kappa shape index (κ3) is 3.04. The molecule has 0 saturated carbocycles. The van der Waals surface area contributed by atoms with Gasteiger partial charge in [0, 0.05) is 24.3 Å². The summed E-state index contributed by atoms with van der Waals surface area (Å²) in [6.45, 7) is 7.07. The van der Waals surface area contributed by atoms with Gasteiger partial charge in [0.2, 0.25) is 0 Å². The second kappa shape index (κ2) is 6.23. The van der Waals surface area contributed by atoms with Gasteiger partial charge >= 0.3 is 0 Å². The maximum atomic E-state index is 4.64. The SMILES string of the molecule is CC(C)N1CCC(NC2CCCc3cccnc32)CC1. The molecule has 1 aliphatic heterocycles. The first kappa shape index (κ1) is 14.0. The Labute approximate surface area is 122 Å². The number of fused-ring (bicyclic) bond motifs is 1. The highest BCUT2D eigenvalue weighted by Gasteiger charge is 2.26. The maximum absolute atomic E-state index is 4.64. The largest absolute Gasteiger partial charge is 0.306 e. The molecule has 1 saturated heterocycles. The highest BCUT2D eigenvalue weighted by Crippen LogP contribution is 2.29. The molecule has 1 N–H and O–H groups in total. The minimum absolute atomic E-state index is 0.482. The molecule has 0 radical (unpaired) electrons. The summed E-state index contributed by atoms with van der Waals surface area (Å²) in [7, 11) is 0. The fraction of sp³-hybridized carbons (Fsp3) is 0.706. The zero-order valence-corrected chi connectivity index (χ0v) is 12.8. The van der Waals surface area contributed by atoms with Gasteiger partial charge < -0.3 is 10.2 Å². The normalized spacial score (nSPS) is 24.9. The standard InChI is InChI=1S/C17H27N3/c1-13(2)20-11-8-15(9-12-20)19-16-7-3-5-14-6-4-10-18-17(14)16/h4,6,10,13,15-16,19H,3,5,7-9,11-12H2,1-2H3. The molecule has 2 heterocycles. The van der Waals surface area contributed by atoms with E-state index in [1.54, 1.807) is 0 Å². The minimum atomic E-state index is 0.482. The van der Waals surface area contributed by atoms with Crippen LogP contribution < -0.4 is 5.32 Å². The van der Waals surface area contributed by atoms with Crippen molar-refractivity contribution in [2.24, 2.45) is 0 Å². The van der Waals surface area contributed by atoms with Gasteiger partial charge in [-0.25, -0.2) is 0 Å². The molecular weight excluding hydrogens is 246 g/mol. The van der Waals surface area contributed by atoms with Crippen molar-refractivity contribution in [3.05, 3.63) is 29.6 Å². The quantitative estimate of drug-likeness (QED) is 0.918. The number of piperidine rings is 1. The molecule has 1 atom stereocenters. The Morgan fingerprint density at radius 3 is 2.80 bits per heavy atom. The third-order valence-electron chi connectivity index (χ3n) is 4.89. The van der Waals surface area contributed by atoms with Gasteiger partial charge in [0.1, 0.15) is 0 Å². The predicted molar refractivity (Wildman–Crippen MR) is 82.8 cm³/mol. The lowest BCUT2D eigenvalue weighted by Crippen LogP contribution is -2.46. The Morgan fingerprint density at radius 2 is 2.05 bits per heavy atom. The zero-order valence-electron chi connectivity index (χ0n) is 12.8. The van der Waals surface area contributed by atoms with Crippen LogP contribution in [0.25, 0.3) is 0 Å². The number of aryl methyl sites for hydroxylation is 1. The summed E-state index contributed by atoms with van der Waals surface area (Å²) < 4.78 is 0. The molecule has 1 aliphatic carbocycles. The number of hydrogen-bond acceptors (Lipinski definition) is 3. The lowest BCUT2D eigenvalue weighted by atomic mass is 9.90. The van der Waals surface area contributed by atoms with E-state index in [1.165, 1.54) is 56.5 Å². The second-order valence-corrected chi connectivity index (χ2v) is 6.56. The van der Waals surface area contributed by atoms with E-state index >= 15 is 0 Å². The summed E-state index contributed by atoms with van der Waals surface area (Å²) in [5.41, 5.74) is 2.76. The van der Waals surface area contributed by atoms with Crippen molar-refractivity contribution in [2.75, 3.05) is 13.1 Å². The van der Waals surface area contributed by atoms with E-state index in [0.717, 1.165) is 0 Å². The summed E-state index contributed by atoms with van der Waals surface area (Å²) in [5.74, 6) is 0. The van der Waals surface area contributed by atoms with Crippen molar-refractivity contribution < 1.29 is 0 Å². The van der Waals surface area contributed by atoms with Gasteiger partial charge in [0.15, 0.2) is 0 Å². The Bertz CT molecular complexity index is 436. The van der Waals surface area contributed by atoms with E-state index in [2.05, 4.69) is 41.2 Å². The van der Waals surface area contributed by atoms with Gasteiger partial charge in [-0.05, 0) is 70.7 Å². The molecule has 0 spiro atoms. The Hall–Kier alpha value is -0.930. The van der Waals surface area contributed by atoms with E-state index < -0.39 is 0 Å². The van der Waals surface area contributed by atoms with Crippen LogP contribution in [0.2, 0.25) is 0 Å². The molecule has 3 rings (SSSR count). The van der Waals surface area contributed by atoms with E-state index in [9.17, 15) is 0 Å². The van der Waals surface area contributed by atoms with Crippen LogP contribution in [0.15, 0.2) is 18.3 Å². The number of rotatable bonds is 3. The number of pyridine rings is 1. The van der Waals surface area contributed by atoms with Crippen LogP contribution in [0.4, 0.5) is 0 Å². The van der Waals surface area contributed by atoms with Gasteiger partial charge in [-0.2, -0.15) is 0 Å². The molecule has 20 heavy (non-hydrogen) atoms. The highest BCUT2D eigenvalue weighted by atomic mass is 15.2. The minimum Gasteiger partial charge on any atom is -0.306 e. The summed E-state index contributed by atoms with van der Waals surface area (Å²) in [5, 5.41) is 3.88. The topological polar surface area (TPSA) is 28.2 Å². The lowest BCUT2D eigenvalue weighted by Gasteiger charge is -2.37. The van der Waals surface area contributed by atoms with Crippen LogP contribution in [-0.2, 0) is 6.42 Å². The number of nitrogens with zero attached hydrogens (tertiary/aromatic N) is 2. The first-order chi connectivity index (χ1) is 9.74. The maximum Gasteiger partial charge on any atom is 0.0605 e. The monoisotopic (exact) mass is 273 g/mol. The number of aromatic nitrogens is 1. The molecule has 3 nitrogen and oxygen atoms in total.